The van der Waals surface area contributed by atoms with E-state index >= 15 is 0 Å². The highest BCUT2D eigenvalue weighted by atomic mass is 32.2. The summed E-state index contributed by atoms with van der Waals surface area (Å²) in [5.41, 5.74) is 10.2. The van der Waals surface area contributed by atoms with Gasteiger partial charge >= 0.3 is 24.0 Å². The second kappa shape index (κ2) is 31.5. The number of aryl methyl sites for hydroxylation is 2. The molecular weight excluding hydrogens is 1240 g/mol. The molecule has 8 aromatic carbocycles. The molecule has 10 rings (SSSR count). The first kappa shape index (κ1) is 67.5. The number of amides is 6. The first-order valence-electron chi connectivity index (χ1n) is 31.7. The number of nitrogens with one attached hydrogen (secondary N) is 6. The van der Waals surface area contributed by atoms with E-state index in [1.807, 2.05) is 62.4 Å². The molecule has 6 amide bonds. The highest BCUT2D eigenvalue weighted by molar-refractivity contribution is 7.93. The van der Waals surface area contributed by atoms with E-state index in [-0.39, 0.29) is 59.9 Å². The Morgan fingerprint density at radius 3 is 1.34 bits per heavy atom. The third-order valence-corrected chi connectivity index (χ3v) is 19.3. The van der Waals surface area contributed by atoms with Gasteiger partial charge in [0, 0.05) is 58.3 Å². The van der Waals surface area contributed by atoms with E-state index in [0.717, 1.165) is 55.2 Å². The fourth-order valence-electron chi connectivity index (χ4n) is 11.4. The number of anilines is 6. The van der Waals surface area contributed by atoms with E-state index in [9.17, 15) is 45.6 Å². The quantitative estimate of drug-likeness (QED) is 0.0245. The number of sulfonamides is 2. The third-order valence-electron chi connectivity index (χ3n) is 16.6. The number of urea groups is 2. The van der Waals surface area contributed by atoms with Gasteiger partial charge in [-0.05, 0) is 219 Å². The predicted molar refractivity (Wildman–Crippen MR) is 370 cm³/mol. The molecule has 6 N–H and O–H groups in total. The van der Waals surface area contributed by atoms with Gasteiger partial charge < -0.3 is 26.0 Å². The lowest BCUT2D eigenvalue weighted by molar-refractivity contribution is -0.159. The lowest BCUT2D eigenvalue weighted by atomic mass is 9.84. The van der Waals surface area contributed by atoms with E-state index in [4.69, 9.17) is 4.74 Å². The van der Waals surface area contributed by atoms with Crippen LogP contribution >= 0.6 is 0 Å². The summed E-state index contributed by atoms with van der Waals surface area (Å²) in [6.45, 7) is 3.68. The van der Waals surface area contributed by atoms with E-state index in [2.05, 4.69) is 48.9 Å². The van der Waals surface area contributed by atoms with Crippen LogP contribution < -0.4 is 40.5 Å². The molecule has 21 heteroatoms. The SMILES string of the molecule is Cc1cccc(NS(=O)(=O)c2ccc(NC(=O)N(Cc3ccc(C(=O)NCCC(=O)OC(=O)CCNC(=O)c4ccc(CN(C(=O)Nc5ccc(S(=O)(=O)Nc6cccc(C)c6)cc5)c5ccc(C6CCCCC6)cc5)cc4)cc3)c3ccc(C4=CCCCC4)cc3)cc2)c1. The Hall–Kier alpha value is -10.4. The van der Waals surface area contributed by atoms with Gasteiger partial charge in [-0.2, -0.15) is 0 Å². The average Bonchev–Trinajstić information content (AvgIpc) is 1.15. The summed E-state index contributed by atoms with van der Waals surface area (Å²) < 4.78 is 62.9. The van der Waals surface area contributed by atoms with Gasteiger partial charge in [0.25, 0.3) is 31.9 Å². The van der Waals surface area contributed by atoms with Crippen molar-refractivity contribution < 1.29 is 50.3 Å². The van der Waals surface area contributed by atoms with Crippen LogP contribution in [0.2, 0.25) is 0 Å². The van der Waals surface area contributed by atoms with Crippen molar-refractivity contribution in [2.75, 3.05) is 43.0 Å². The van der Waals surface area contributed by atoms with E-state index < -0.39 is 55.9 Å². The molecule has 2 aliphatic carbocycles. The predicted octanol–water partition coefficient (Wildman–Crippen LogP) is 14.4. The summed E-state index contributed by atoms with van der Waals surface area (Å²) >= 11 is 0. The lowest BCUT2D eigenvalue weighted by Crippen LogP contribution is -2.34. The third kappa shape index (κ3) is 18.9. The Labute approximate surface area is 554 Å². The largest absolute Gasteiger partial charge is 0.393 e. The first-order valence-corrected chi connectivity index (χ1v) is 34.7. The Bertz CT molecular complexity index is 4310. The minimum Gasteiger partial charge on any atom is -0.393 e. The van der Waals surface area contributed by atoms with Crippen LogP contribution in [0.5, 0.6) is 0 Å². The maximum absolute atomic E-state index is 14.1. The lowest BCUT2D eigenvalue weighted by Gasteiger charge is -2.26. The second-order valence-electron chi connectivity index (χ2n) is 23.7. The topological polar surface area (TPSA) is 259 Å². The molecule has 0 saturated heterocycles. The number of nitrogens with zero attached hydrogens (tertiary/aromatic N) is 2. The number of carbonyl (C=O) groups is 6. The van der Waals surface area contributed by atoms with Crippen LogP contribution in [0.25, 0.3) is 5.57 Å². The molecule has 490 valence electrons. The number of hydrogen-bond acceptors (Lipinski definition) is 11. The Morgan fingerprint density at radius 1 is 0.474 bits per heavy atom. The number of hydrogen-bond donors (Lipinski definition) is 6. The maximum atomic E-state index is 14.1. The molecule has 0 unspecified atom stereocenters. The Balaban J connectivity index is 0.684. The minimum atomic E-state index is -3.91. The van der Waals surface area contributed by atoms with Crippen molar-refractivity contribution >= 4 is 95.6 Å². The molecule has 0 spiro atoms. The zero-order chi connectivity index (χ0) is 66.9. The van der Waals surface area contributed by atoms with Crippen molar-refractivity contribution in [3.8, 4) is 0 Å². The zero-order valence-corrected chi connectivity index (χ0v) is 54.6. The number of allylic oxidation sites excluding steroid dienone is 2. The minimum absolute atomic E-state index is 0.0193. The smallest absolute Gasteiger partial charge is 0.326 e. The van der Waals surface area contributed by atoms with E-state index in [1.54, 1.807) is 94.7 Å². The number of rotatable bonds is 24. The molecule has 2 aliphatic rings. The van der Waals surface area contributed by atoms with Crippen molar-refractivity contribution in [2.24, 2.45) is 0 Å². The fraction of sp³-hybridized carbons (Fsp3) is 0.243. The fourth-order valence-corrected chi connectivity index (χ4v) is 13.5. The van der Waals surface area contributed by atoms with Gasteiger partial charge in [-0.15, -0.1) is 0 Å². The molecule has 0 bridgehead atoms. The van der Waals surface area contributed by atoms with Crippen LogP contribution in [0.3, 0.4) is 0 Å². The molecule has 95 heavy (non-hydrogen) atoms. The number of benzene rings is 8. The Morgan fingerprint density at radius 2 is 0.916 bits per heavy atom. The molecule has 0 aliphatic heterocycles. The van der Waals surface area contributed by atoms with Gasteiger partial charge in [-0.3, -0.25) is 38.4 Å². The standard InChI is InChI=1S/C74H76N8O11S2/c1-51-11-9-17-63(47-51)79-94(89,90)67-39-31-61(32-40-67)77-73(87)81(65-35-27-57(28-36-65)55-13-5-3-6-14-55)49-53-19-23-59(24-20-53)71(85)75-45-43-69(83)93-70(84)44-46-76-72(86)60-25-21-54(22-26-60)50-82(66-37-29-58(30-38-66)56-15-7-4-8-16-56)74(88)78-62-33-41-68(42-34-62)95(91,92)80-64-18-10-12-52(2)48-64/h9-13,17-42,47-48,56,79-80H,3-8,14-16,43-46,49-50H2,1-2H3,(H,75,85)(H,76,86)(H,77,87)(H,78,88). The van der Waals surface area contributed by atoms with Crippen molar-refractivity contribution in [2.45, 2.75) is 113 Å². The molecule has 0 aromatic heterocycles. The molecule has 0 atom stereocenters. The number of carbonyl (C=O) groups excluding carboxylic acids is 6. The van der Waals surface area contributed by atoms with Crippen LogP contribution in [0, 0.1) is 13.8 Å². The summed E-state index contributed by atoms with van der Waals surface area (Å²) in [5, 5.41) is 11.1. The highest BCUT2D eigenvalue weighted by Gasteiger charge is 2.24. The summed E-state index contributed by atoms with van der Waals surface area (Å²) in [5.74, 6) is -2.26. The van der Waals surface area contributed by atoms with Crippen molar-refractivity contribution in [3.63, 3.8) is 0 Å². The molecule has 19 nitrogen and oxygen atoms in total. The molecular formula is C74H76N8O11S2. The van der Waals surface area contributed by atoms with Crippen molar-refractivity contribution in [1.29, 1.82) is 0 Å². The van der Waals surface area contributed by atoms with Gasteiger partial charge in [0.1, 0.15) is 0 Å². The normalized spacial score (nSPS) is 13.3. The van der Waals surface area contributed by atoms with Gasteiger partial charge in [0.2, 0.25) is 0 Å². The maximum Gasteiger partial charge on any atom is 0.326 e. The Kier molecular flexibility index (Phi) is 22.4. The number of ether oxygens (including phenoxy) is 1. The average molecular weight is 1320 g/mol. The summed E-state index contributed by atoms with van der Waals surface area (Å²) in [4.78, 5) is 83.2. The van der Waals surface area contributed by atoms with Crippen LogP contribution in [0.4, 0.5) is 43.7 Å². The summed E-state index contributed by atoms with van der Waals surface area (Å²) in [7, 11) is -7.82. The molecule has 8 aromatic rings. The molecule has 0 radical (unpaired) electrons. The molecule has 0 heterocycles. The van der Waals surface area contributed by atoms with Gasteiger partial charge in [0.05, 0.1) is 35.7 Å². The first-order chi connectivity index (χ1) is 45.8. The zero-order valence-electron chi connectivity index (χ0n) is 52.9. The number of esters is 2. The van der Waals surface area contributed by atoms with Gasteiger partial charge in [-0.25, -0.2) is 26.4 Å². The monoisotopic (exact) mass is 1320 g/mol. The van der Waals surface area contributed by atoms with E-state index in [1.165, 1.54) is 78.9 Å². The molecule has 1 saturated carbocycles. The summed E-state index contributed by atoms with van der Waals surface area (Å²) in [6.07, 6.45) is 11.7. The van der Waals surface area contributed by atoms with E-state index in [0.29, 0.717) is 51.2 Å². The van der Waals surface area contributed by atoms with Gasteiger partial charge in [0.15, 0.2) is 0 Å². The van der Waals surface area contributed by atoms with Crippen molar-refractivity contribution in [1.82, 2.24) is 10.6 Å². The van der Waals surface area contributed by atoms with Crippen LogP contribution in [-0.4, -0.2) is 65.7 Å². The van der Waals surface area contributed by atoms with Crippen molar-refractivity contribution in [3.05, 3.63) is 245 Å². The molecule has 1 fully saturated rings. The van der Waals surface area contributed by atoms with Gasteiger partial charge in [-0.1, -0.05) is 98.1 Å². The van der Waals surface area contributed by atoms with Crippen LogP contribution in [0.1, 0.15) is 131 Å². The van der Waals surface area contributed by atoms with Crippen LogP contribution in [-0.2, 0) is 47.5 Å². The van der Waals surface area contributed by atoms with Crippen LogP contribution in [0.15, 0.2) is 210 Å². The second-order valence-corrected chi connectivity index (χ2v) is 27.1. The summed E-state index contributed by atoms with van der Waals surface area (Å²) in [6, 6.07) is 53.8. The highest BCUT2D eigenvalue weighted by Crippen LogP contribution is 2.35.